The van der Waals surface area contributed by atoms with Crippen molar-refractivity contribution in [1.29, 1.82) is 0 Å². The quantitative estimate of drug-likeness (QED) is 0.504. The van der Waals surface area contributed by atoms with Crippen LogP contribution in [0.3, 0.4) is 0 Å². The number of likely N-dealkylation sites (tertiary alicyclic amines) is 1. The number of benzene rings is 1. The van der Waals surface area contributed by atoms with Crippen molar-refractivity contribution in [2.24, 2.45) is 5.92 Å². The molecule has 0 unspecified atom stereocenters. The molecule has 1 fully saturated rings. The first kappa shape index (κ1) is 22.4. The summed E-state index contributed by atoms with van der Waals surface area (Å²) in [6.45, 7) is 3.10. The van der Waals surface area contributed by atoms with E-state index in [0.29, 0.717) is 39.0 Å². The summed E-state index contributed by atoms with van der Waals surface area (Å²) in [7, 11) is 0. The van der Waals surface area contributed by atoms with Crippen molar-refractivity contribution < 1.29 is 23.9 Å². The third-order valence-corrected chi connectivity index (χ3v) is 4.86. The van der Waals surface area contributed by atoms with Gasteiger partial charge in [0, 0.05) is 32.4 Å². The van der Waals surface area contributed by atoms with Gasteiger partial charge in [-0.1, -0.05) is 30.3 Å². The van der Waals surface area contributed by atoms with Crippen LogP contribution in [0.4, 0.5) is 0 Å². The van der Waals surface area contributed by atoms with Crippen molar-refractivity contribution in [3.63, 3.8) is 0 Å². The minimum atomic E-state index is -0.409. The van der Waals surface area contributed by atoms with E-state index >= 15 is 0 Å². The number of amides is 3. The molecule has 0 aliphatic carbocycles. The van der Waals surface area contributed by atoms with Gasteiger partial charge in [-0.2, -0.15) is 0 Å². The zero-order valence-corrected chi connectivity index (χ0v) is 16.8. The Morgan fingerprint density at radius 3 is 2.21 bits per heavy atom. The molecule has 0 bridgehead atoms. The van der Waals surface area contributed by atoms with E-state index in [0.717, 1.165) is 5.56 Å². The monoisotopic (exact) mass is 403 g/mol. The number of carbonyl (C=O) groups excluding carboxylic acids is 4. The van der Waals surface area contributed by atoms with Gasteiger partial charge in [0.15, 0.2) is 0 Å². The number of hydrazine groups is 1. The molecule has 8 heteroatoms. The largest absolute Gasteiger partial charge is 0.466 e. The van der Waals surface area contributed by atoms with Gasteiger partial charge in [-0.15, -0.1) is 0 Å². The normalized spacial score (nSPS) is 14.2. The van der Waals surface area contributed by atoms with Gasteiger partial charge in [-0.05, 0) is 31.7 Å². The van der Waals surface area contributed by atoms with E-state index in [2.05, 4.69) is 10.9 Å². The van der Waals surface area contributed by atoms with E-state index < -0.39 is 5.91 Å². The average Bonchev–Trinajstić information content (AvgIpc) is 2.75. The van der Waals surface area contributed by atoms with E-state index in [1.165, 1.54) is 0 Å². The maximum absolute atomic E-state index is 12.2. The average molecular weight is 403 g/mol. The molecular formula is C21H29N3O5. The lowest BCUT2D eigenvalue weighted by Crippen LogP contribution is -2.43. The Morgan fingerprint density at radius 2 is 1.59 bits per heavy atom. The van der Waals surface area contributed by atoms with Gasteiger partial charge in [0.1, 0.15) is 0 Å². The molecule has 2 rings (SSSR count). The molecule has 1 aromatic rings. The molecule has 0 saturated carbocycles. The summed E-state index contributed by atoms with van der Waals surface area (Å²) >= 11 is 0. The van der Waals surface area contributed by atoms with Gasteiger partial charge in [-0.3, -0.25) is 30.0 Å². The summed E-state index contributed by atoms with van der Waals surface area (Å²) in [5, 5.41) is 0. The van der Waals surface area contributed by atoms with Crippen LogP contribution < -0.4 is 10.9 Å². The molecule has 1 aliphatic heterocycles. The van der Waals surface area contributed by atoms with Gasteiger partial charge < -0.3 is 9.64 Å². The van der Waals surface area contributed by atoms with Crippen molar-refractivity contribution in [2.45, 2.75) is 45.4 Å². The van der Waals surface area contributed by atoms with Crippen LogP contribution in [0.25, 0.3) is 0 Å². The fourth-order valence-electron chi connectivity index (χ4n) is 3.17. The van der Waals surface area contributed by atoms with Gasteiger partial charge in [0.2, 0.25) is 17.7 Å². The third-order valence-electron chi connectivity index (χ3n) is 4.86. The molecule has 8 nitrogen and oxygen atoms in total. The van der Waals surface area contributed by atoms with Crippen molar-refractivity contribution in [2.75, 3.05) is 19.7 Å². The van der Waals surface area contributed by atoms with Crippen LogP contribution in [0.5, 0.6) is 0 Å². The number of hydrogen-bond acceptors (Lipinski definition) is 5. The number of carbonyl (C=O) groups is 4. The summed E-state index contributed by atoms with van der Waals surface area (Å²) in [4.78, 5) is 49.3. The van der Waals surface area contributed by atoms with E-state index in [-0.39, 0.29) is 43.0 Å². The second kappa shape index (κ2) is 11.8. The number of esters is 1. The Bertz CT molecular complexity index is 700. The predicted molar refractivity (Wildman–Crippen MR) is 106 cm³/mol. The Labute approximate surface area is 170 Å². The smallest absolute Gasteiger partial charge is 0.309 e. The molecule has 1 saturated heterocycles. The maximum atomic E-state index is 12.2. The van der Waals surface area contributed by atoms with E-state index in [4.69, 9.17) is 4.74 Å². The third kappa shape index (κ3) is 7.93. The van der Waals surface area contributed by atoms with Crippen molar-refractivity contribution in [3.05, 3.63) is 35.9 Å². The number of nitrogens with one attached hydrogen (secondary N) is 2. The predicted octanol–water partition coefficient (Wildman–Crippen LogP) is 1.35. The molecule has 1 aromatic carbocycles. The number of rotatable bonds is 8. The van der Waals surface area contributed by atoms with E-state index in [9.17, 15) is 19.2 Å². The second-order valence-corrected chi connectivity index (χ2v) is 6.99. The van der Waals surface area contributed by atoms with E-state index in [1.807, 2.05) is 30.3 Å². The second-order valence-electron chi connectivity index (χ2n) is 6.99. The highest BCUT2D eigenvalue weighted by molar-refractivity contribution is 5.86. The molecule has 29 heavy (non-hydrogen) atoms. The summed E-state index contributed by atoms with van der Waals surface area (Å²) in [5.74, 6) is -1.18. The maximum Gasteiger partial charge on any atom is 0.309 e. The van der Waals surface area contributed by atoms with Crippen molar-refractivity contribution in [3.8, 4) is 0 Å². The summed E-state index contributed by atoms with van der Waals surface area (Å²) in [5.41, 5.74) is 5.76. The zero-order valence-electron chi connectivity index (χ0n) is 16.8. The van der Waals surface area contributed by atoms with E-state index in [1.54, 1.807) is 11.8 Å². The molecule has 1 aliphatic rings. The summed E-state index contributed by atoms with van der Waals surface area (Å²) in [6.07, 6.45) is 2.06. The number of piperidine rings is 1. The zero-order chi connectivity index (χ0) is 21.1. The Kier molecular flexibility index (Phi) is 9.14. The fraction of sp³-hybridized carbons (Fsp3) is 0.524. The SMILES string of the molecule is CCOC(=O)C1CCN(C(=O)CCC(=O)NNC(=O)CCc2ccccc2)CC1. The topological polar surface area (TPSA) is 105 Å². The lowest BCUT2D eigenvalue weighted by Gasteiger charge is -2.30. The molecule has 3 amide bonds. The Balaban J connectivity index is 1.59. The number of nitrogens with zero attached hydrogens (tertiary/aromatic N) is 1. The highest BCUT2D eigenvalue weighted by Crippen LogP contribution is 2.19. The van der Waals surface area contributed by atoms with Crippen LogP contribution in [0, 0.1) is 5.92 Å². The number of aryl methyl sites for hydroxylation is 1. The minimum absolute atomic E-state index is 0.00436. The van der Waals surface area contributed by atoms with Crippen LogP contribution >= 0.6 is 0 Å². The molecule has 0 radical (unpaired) electrons. The molecule has 0 atom stereocenters. The molecule has 0 spiro atoms. The minimum Gasteiger partial charge on any atom is -0.466 e. The lowest BCUT2D eigenvalue weighted by molar-refractivity contribution is -0.151. The van der Waals surface area contributed by atoms with Gasteiger partial charge in [0.25, 0.3) is 0 Å². The van der Waals surface area contributed by atoms with Crippen molar-refractivity contribution in [1.82, 2.24) is 15.8 Å². The Hall–Kier alpha value is -2.90. The molecule has 0 aromatic heterocycles. The highest BCUT2D eigenvalue weighted by Gasteiger charge is 2.28. The van der Waals surface area contributed by atoms with Crippen LogP contribution in [-0.4, -0.2) is 48.3 Å². The number of hydrogen-bond donors (Lipinski definition) is 2. The van der Waals surface area contributed by atoms with Crippen LogP contribution in [0.15, 0.2) is 30.3 Å². The summed E-state index contributed by atoms with van der Waals surface area (Å²) < 4.78 is 5.01. The van der Waals surface area contributed by atoms with Crippen LogP contribution in [-0.2, 0) is 30.3 Å². The molecular weight excluding hydrogens is 374 g/mol. The van der Waals surface area contributed by atoms with Crippen LogP contribution in [0.1, 0.15) is 44.6 Å². The summed E-state index contributed by atoms with van der Waals surface area (Å²) in [6, 6.07) is 9.60. The van der Waals surface area contributed by atoms with Gasteiger partial charge in [-0.25, -0.2) is 0 Å². The Morgan fingerprint density at radius 1 is 0.966 bits per heavy atom. The first-order chi connectivity index (χ1) is 14.0. The fourth-order valence-corrected chi connectivity index (χ4v) is 3.17. The van der Waals surface area contributed by atoms with Crippen LogP contribution in [0.2, 0.25) is 0 Å². The number of ether oxygens (including phenoxy) is 1. The highest BCUT2D eigenvalue weighted by atomic mass is 16.5. The molecule has 1 heterocycles. The molecule has 2 N–H and O–H groups in total. The first-order valence-corrected chi connectivity index (χ1v) is 10.1. The van der Waals surface area contributed by atoms with Gasteiger partial charge >= 0.3 is 5.97 Å². The van der Waals surface area contributed by atoms with Crippen molar-refractivity contribution >= 4 is 23.7 Å². The first-order valence-electron chi connectivity index (χ1n) is 10.1. The lowest BCUT2D eigenvalue weighted by atomic mass is 9.97. The molecule has 158 valence electrons. The van der Waals surface area contributed by atoms with Gasteiger partial charge in [0.05, 0.1) is 12.5 Å². The standard InChI is InChI=1S/C21H29N3O5/c1-2-29-21(28)17-12-14-24(15-13-17)20(27)11-10-19(26)23-22-18(25)9-8-16-6-4-3-5-7-16/h3-7,17H,2,8-15H2,1H3,(H,22,25)(H,23,26).